The predicted molar refractivity (Wildman–Crippen MR) is 103 cm³/mol. The topological polar surface area (TPSA) is 67.4 Å². The Labute approximate surface area is 161 Å². The second-order valence-corrected chi connectivity index (χ2v) is 6.89. The van der Waals surface area contributed by atoms with Gasteiger partial charge in [0.25, 0.3) is 0 Å². The first kappa shape index (κ1) is 18.5. The maximum absolute atomic E-state index is 12.6. The summed E-state index contributed by atoms with van der Waals surface area (Å²) in [7, 11) is 0. The fraction of sp³-hybridized carbons (Fsp3) is 0.263. The zero-order valence-corrected chi connectivity index (χ0v) is 15.7. The van der Waals surface area contributed by atoms with E-state index in [0.717, 1.165) is 5.75 Å². The van der Waals surface area contributed by atoms with Crippen LogP contribution in [0.3, 0.4) is 0 Å². The molecule has 7 heteroatoms. The molecule has 0 bridgehead atoms. The van der Waals surface area contributed by atoms with E-state index in [2.05, 4.69) is 10.6 Å². The number of hydrogen-bond donors (Lipinski definition) is 2. The van der Waals surface area contributed by atoms with Crippen molar-refractivity contribution >= 4 is 46.4 Å². The van der Waals surface area contributed by atoms with Gasteiger partial charge in [0.15, 0.2) is 0 Å². The molecular formula is C19H18Cl2N2O3. The SMILES string of the molecule is CCOc1ccc(NC(=O)C2(C(=O)Nc3ccc(Cl)c(Cl)c3)CC2)cc1. The summed E-state index contributed by atoms with van der Waals surface area (Å²) >= 11 is 11.8. The molecule has 1 fully saturated rings. The summed E-state index contributed by atoms with van der Waals surface area (Å²) < 4.78 is 5.37. The monoisotopic (exact) mass is 392 g/mol. The lowest BCUT2D eigenvalue weighted by Gasteiger charge is -2.16. The summed E-state index contributed by atoms with van der Waals surface area (Å²) in [6.45, 7) is 2.47. The largest absolute Gasteiger partial charge is 0.494 e. The lowest BCUT2D eigenvalue weighted by Crippen LogP contribution is -2.35. The minimum absolute atomic E-state index is 0.320. The minimum atomic E-state index is -1.05. The zero-order chi connectivity index (χ0) is 18.7. The van der Waals surface area contributed by atoms with Crippen LogP contribution in [0.4, 0.5) is 11.4 Å². The molecule has 26 heavy (non-hydrogen) atoms. The van der Waals surface area contributed by atoms with Crippen LogP contribution in [-0.2, 0) is 9.59 Å². The Morgan fingerprint density at radius 3 is 2.08 bits per heavy atom. The van der Waals surface area contributed by atoms with E-state index in [9.17, 15) is 9.59 Å². The summed E-state index contributed by atoms with van der Waals surface area (Å²) in [5.41, 5.74) is 0.0710. The van der Waals surface area contributed by atoms with Crippen molar-refractivity contribution in [1.29, 1.82) is 0 Å². The fourth-order valence-corrected chi connectivity index (χ4v) is 2.86. The number of halogens is 2. The lowest BCUT2D eigenvalue weighted by molar-refractivity contribution is -0.131. The van der Waals surface area contributed by atoms with Gasteiger partial charge in [-0.2, -0.15) is 0 Å². The Balaban J connectivity index is 1.66. The van der Waals surface area contributed by atoms with Gasteiger partial charge in [-0.25, -0.2) is 0 Å². The lowest BCUT2D eigenvalue weighted by atomic mass is 10.0. The number of hydrogen-bond acceptors (Lipinski definition) is 3. The van der Waals surface area contributed by atoms with Gasteiger partial charge in [-0.05, 0) is 62.2 Å². The van der Waals surface area contributed by atoms with E-state index in [1.54, 1.807) is 42.5 Å². The van der Waals surface area contributed by atoms with Crippen LogP contribution in [0.15, 0.2) is 42.5 Å². The molecule has 0 spiro atoms. The first-order valence-electron chi connectivity index (χ1n) is 8.25. The summed E-state index contributed by atoms with van der Waals surface area (Å²) in [6.07, 6.45) is 1.01. The van der Waals surface area contributed by atoms with E-state index in [1.165, 1.54) is 0 Å². The molecule has 2 N–H and O–H groups in total. The van der Waals surface area contributed by atoms with Crippen molar-refractivity contribution in [3.63, 3.8) is 0 Å². The van der Waals surface area contributed by atoms with Gasteiger partial charge < -0.3 is 15.4 Å². The molecule has 5 nitrogen and oxygen atoms in total. The summed E-state index contributed by atoms with van der Waals surface area (Å²) in [4.78, 5) is 25.2. The number of benzene rings is 2. The van der Waals surface area contributed by atoms with Gasteiger partial charge >= 0.3 is 0 Å². The summed E-state index contributed by atoms with van der Waals surface area (Å²) in [5, 5.41) is 6.28. The number of rotatable bonds is 6. The zero-order valence-electron chi connectivity index (χ0n) is 14.1. The van der Waals surface area contributed by atoms with Crippen molar-refractivity contribution in [3.8, 4) is 5.75 Å². The molecule has 0 aromatic heterocycles. The van der Waals surface area contributed by atoms with Gasteiger partial charge in [0.05, 0.1) is 16.7 Å². The number of carbonyl (C=O) groups excluding carboxylic acids is 2. The van der Waals surface area contributed by atoms with Crippen LogP contribution in [0.1, 0.15) is 19.8 Å². The Bertz CT molecular complexity index is 833. The molecule has 136 valence electrons. The van der Waals surface area contributed by atoms with Crippen molar-refractivity contribution in [2.45, 2.75) is 19.8 Å². The highest BCUT2D eigenvalue weighted by molar-refractivity contribution is 6.42. The van der Waals surface area contributed by atoms with Crippen molar-refractivity contribution in [2.75, 3.05) is 17.2 Å². The molecule has 2 amide bonds. The molecule has 2 aromatic carbocycles. The molecule has 1 saturated carbocycles. The average molecular weight is 393 g/mol. The number of amides is 2. The Morgan fingerprint density at radius 2 is 1.54 bits per heavy atom. The first-order chi connectivity index (χ1) is 12.4. The molecule has 2 aromatic rings. The highest BCUT2D eigenvalue weighted by Crippen LogP contribution is 2.47. The van der Waals surface area contributed by atoms with Crippen molar-refractivity contribution in [1.82, 2.24) is 0 Å². The third-order valence-electron chi connectivity index (χ3n) is 4.22. The fourth-order valence-electron chi connectivity index (χ4n) is 2.56. The Morgan fingerprint density at radius 1 is 0.962 bits per heavy atom. The molecule has 0 aliphatic heterocycles. The second kappa shape index (κ2) is 7.56. The summed E-state index contributed by atoms with van der Waals surface area (Å²) in [5.74, 6) is 0.0579. The Kier molecular flexibility index (Phi) is 5.39. The van der Waals surface area contributed by atoms with Crippen molar-refractivity contribution in [2.24, 2.45) is 5.41 Å². The van der Waals surface area contributed by atoms with Crippen LogP contribution in [0.25, 0.3) is 0 Å². The van der Waals surface area contributed by atoms with E-state index in [4.69, 9.17) is 27.9 Å². The van der Waals surface area contributed by atoms with Gasteiger partial charge in [-0.15, -0.1) is 0 Å². The van der Waals surface area contributed by atoms with Crippen LogP contribution in [0.5, 0.6) is 5.75 Å². The van der Waals surface area contributed by atoms with Crippen LogP contribution in [-0.4, -0.2) is 18.4 Å². The van der Waals surface area contributed by atoms with E-state index >= 15 is 0 Å². The molecule has 0 unspecified atom stereocenters. The smallest absolute Gasteiger partial charge is 0.240 e. The molecular weight excluding hydrogens is 375 g/mol. The summed E-state index contributed by atoms with van der Waals surface area (Å²) in [6, 6.07) is 11.8. The predicted octanol–water partition coefficient (Wildman–Crippen LogP) is 4.75. The highest BCUT2D eigenvalue weighted by atomic mass is 35.5. The molecule has 0 saturated heterocycles. The van der Waals surface area contributed by atoms with Gasteiger partial charge in [0.1, 0.15) is 11.2 Å². The van der Waals surface area contributed by atoms with Gasteiger partial charge in [-0.3, -0.25) is 9.59 Å². The number of carbonyl (C=O) groups is 2. The van der Waals surface area contributed by atoms with Crippen molar-refractivity contribution in [3.05, 3.63) is 52.5 Å². The van der Waals surface area contributed by atoms with Gasteiger partial charge in [0.2, 0.25) is 11.8 Å². The first-order valence-corrected chi connectivity index (χ1v) is 9.01. The molecule has 3 rings (SSSR count). The number of nitrogens with one attached hydrogen (secondary N) is 2. The molecule has 0 atom stereocenters. The third kappa shape index (κ3) is 3.94. The van der Waals surface area contributed by atoms with Crippen LogP contribution < -0.4 is 15.4 Å². The van der Waals surface area contributed by atoms with E-state index < -0.39 is 5.41 Å². The standard InChI is InChI=1S/C19H18Cl2N2O3/c1-2-26-14-6-3-12(4-7-14)22-17(24)19(9-10-19)18(25)23-13-5-8-15(20)16(21)11-13/h3-8,11H,2,9-10H2,1H3,(H,22,24)(H,23,25). The molecule has 0 heterocycles. The van der Waals surface area contributed by atoms with Crippen LogP contribution >= 0.6 is 23.2 Å². The maximum atomic E-state index is 12.6. The number of ether oxygens (including phenoxy) is 1. The number of anilines is 2. The van der Waals surface area contributed by atoms with E-state index in [0.29, 0.717) is 40.9 Å². The minimum Gasteiger partial charge on any atom is -0.494 e. The molecule has 1 aliphatic carbocycles. The van der Waals surface area contributed by atoms with E-state index in [1.807, 2.05) is 6.92 Å². The average Bonchev–Trinajstić information content (AvgIpc) is 3.42. The van der Waals surface area contributed by atoms with E-state index in [-0.39, 0.29) is 11.8 Å². The van der Waals surface area contributed by atoms with Gasteiger partial charge in [-0.1, -0.05) is 23.2 Å². The second-order valence-electron chi connectivity index (χ2n) is 6.08. The quantitative estimate of drug-likeness (QED) is 0.696. The molecule has 1 aliphatic rings. The van der Waals surface area contributed by atoms with Gasteiger partial charge in [0, 0.05) is 11.4 Å². The maximum Gasteiger partial charge on any atom is 0.240 e. The van der Waals surface area contributed by atoms with Crippen molar-refractivity contribution < 1.29 is 14.3 Å². The normalized spacial score (nSPS) is 14.4. The third-order valence-corrected chi connectivity index (χ3v) is 4.96. The highest BCUT2D eigenvalue weighted by Gasteiger charge is 2.56. The van der Waals surface area contributed by atoms with Crippen LogP contribution in [0.2, 0.25) is 10.0 Å². The Hall–Kier alpha value is -2.24. The molecule has 0 radical (unpaired) electrons. The van der Waals surface area contributed by atoms with Crippen LogP contribution in [0, 0.1) is 5.41 Å².